The lowest BCUT2D eigenvalue weighted by molar-refractivity contribution is 0.174. The van der Waals surface area contributed by atoms with Crippen LogP contribution in [0.5, 0.6) is 11.5 Å². The highest BCUT2D eigenvalue weighted by Gasteiger charge is 2.22. The average molecular weight is 324 g/mol. The topological polar surface area (TPSA) is 42.9 Å². The highest BCUT2D eigenvalue weighted by molar-refractivity contribution is 6.12. The van der Waals surface area contributed by atoms with E-state index in [9.17, 15) is 4.39 Å². The van der Waals surface area contributed by atoms with Gasteiger partial charge in [0.2, 0.25) is 6.79 Å². The Bertz CT molecular complexity index is 828. The molecule has 1 N–H and O–H groups in total. The van der Waals surface area contributed by atoms with Crippen LogP contribution in [-0.4, -0.2) is 18.5 Å². The van der Waals surface area contributed by atoms with Gasteiger partial charge in [-0.05, 0) is 54.8 Å². The lowest BCUT2D eigenvalue weighted by atomic mass is 9.97. The first-order chi connectivity index (χ1) is 11.7. The van der Waals surface area contributed by atoms with Crippen molar-refractivity contribution in [1.29, 1.82) is 0 Å². The minimum atomic E-state index is -0.243. The second-order valence-electron chi connectivity index (χ2n) is 5.98. The van der Waals surface area contributed by atoms with Gasteiger partial charge in [-0.25, -0.2) is 4.39 Å². The Labute approximate surface area is 139 Å². The van der Waals surface area contributed by atoms with Gasteiger partial charge in [0.15, 0.2) is 11.5 Å². The zero-order valence-corrected chi connectivity index (χ0v) is 13.3. The molecular formula is C19H17FN2O2. The Morgan fingerprint density at radius 3 is 2.67 bits per heavy atom. The Kier molecular flexibility index (Phi) is 3.69. The second kappa shape index (κ2) is 6.00. The molecule has 2 aromatic carbocycles. The Morgan fingerprint density at radius 2 is 1.88 bits per heavy atom. The van der Waals surface area contributed by atoms with Crippen LogP contribution >= 0.6 is 0 Å². The quantitative estimate of drug-likeness (QED) is 0.919. The van der Waals surface area contributed by atoms with Gasteiger partial charge in [0.05, 0.1) is 5.71 Å². The summed E-state index contributed by atoms with van der Waals surface area (Å²) in [6, 6.07) is 10.6. The molecular weight excluding hydrogens is 307 g/mol. The van der Waals surface area contributed by atoms with Gasteiger partial charge in [0.25, 0.3) is 0 Å². The Morgan fingerprint density at radius 1 is 1.12 bits per heavy atom. The number of fused-ring (bicyclic) bond motifs is 2. The molecule has 2 aromatic rings. The van der Waals surface area contributed by atoms with Crippen molar-refractivity contribution in [3.05, 3.63) is 65.0 Å². The van der Waals surface area contributed by atoms with Crippen LogP contribution in [0.15, 0.2) is 47.6 Å². The zero-order chi connectivity index (χ0) is 16.5. The molecule has 0 bridgehead atoms. The van der Waals surface area contributed by atoms with Gasteiger partial charge >= 0.3 is 0 Å². The number of hydrogen-bond donors (Lipinski definition) is 1. The van der Waals surface area contributed by atoms with E-state index in [4.69, 9.17) is 9.47 Å². The number of rotatable bonds is 2. The molecule has 122 valence electrons. The predicted molar refractivity (Wildman–Crippen MR) is 90.8 cm³/mol. The van der Waals surface area contributed by atoms with Gasteiger partial charge in [-0.3, -0.25) is 0 Å². The molecule has 4 nitrogen and oxygen atoms in total. The third kappa shape index (κ3) is 2.85. The van der Waals surface area contributed by atoms with Crippen LogP contribution in [0, 0.1) is 5.82 Å². The molecule has 24 heavy (non-hydrogen) atoms. The number of halogens is 1. The normalized spacial score (nSPS) is 18.8. The second-order valence-corrected chi connectivity index (χ2v) is 5.98. The summed E-state index contributed by atoms with van der Waals surface area (Å²) in [5.74, 6) is 1.28. The molecule has 0 aliphatic carbocycles. The molecule has 0 fully saturated rings. The predicted octanol–water partition coefficient (Wildman–Crippen LogP) is 3.51. The largest absolute Gasteiger partial charge is 0.454 e. The number of hydrogen-bond acceptors (Lipinski definition) is 4. The first kappa shape index (κ1) is 14.8. The van der Waals surface area contributed by atoms with Crippen molar-refractivity contribution in [1.82, 2.24) is 5.43 Å². The fraction of sp³-hybridized carbons (Fsp3) is 0.211. The highest BCUT2D eigenvalue weighted by atomic mass is 19.1. The molecule has 1 atom stereocenters. The monoisotopic (exact) mass is 324 g/mol. The van der Waals surface area contributed by atoms with Crippen LogP contribution in [0.4, 0.5) is 4.39 Å². The van der Waals surface area contributed by atoms with E-state index in [1.165, 1.54) is 17.7 Å². The molecule has 1 unspecified atom stereocenters. The van der Waals surface area contributed by atoms with Crippen molar-refractivity contribution in [3.63, 3.8) is 0 Å². The van der Waals surface area contributed by atoms with Crippen molar-refractivity contribution < 1.29 is 13.9 Å². The summed E-state index contributed by atoms with van der Waals surface area (Å²) in [6.07, 6.45) is 4.70. The first-order valence-corrected chi connectivity index (χ1v) is 7.89. The van der Waals surface area contributed by atoms with Gasteiger partial charge in [-0.2, -0.15) is 5.10 Å². The van der Waals surface area contributed by atoms with E-state index in [-0.39, 0.29) is 18.7 Å². The standard InChI is InChI=1S/C19H17FN2O2/c1-12-8-14-9-18-19(24-11-23-18)10-16(14)17(22-21-12)7-4-13-2-5-15(20)6-3-13/h2-7,9-10,12,21H,8,11H2,1H3. The van der Waals surface area contributed by atoms with Crippen molar-refractivity contribution in [2.45, 2.75) is 19.4 Å². The molecule has 0 spiro atoms. The van der Waals surface area contributed by atoms with Crippen LogP contribution in [0.2, 0.25) is 0 Å². The fourth-order valence-electron chi connectivity index (χ4n) is 2.88. The summed E-state index contributed by atoms with van der Waals surface area (Å²) in [6.45, 7) is 2.34. The van der Waals surface area contributed by atoms with Gasteiger partial charge in [0, 0.05) is 11.6 Å². The van der Waals surface area contributed by atoms with Crippen LogP contribution < -0.4 is 14.9 Å². The van der Waals surface area contributed by atoms with E-state index in [0.29, 0.717) is 0 Å². The maximum Gasteiger partial charge on any atom is 0.231 e. The van der Waals surface area contributed by atoms with Gasteiger partial charge in [-0.15, -0.1) is 0 Å². The van der Waals surface area contributed by atoms with Crippen LogP contribution in [-0.2, 0) is 6.42 Å². The lowest BCUT2D eigenvalue weighted by Gasteiger charge is -2.10. The van der Waals surface area contributed by atoms with E-state index < -0.39 is 0 Å². The summed E-state index contributed by atoms with van der Waals surface area (Å²) in [5, 5.41) is 4.51. The van der Waals surface area contributed by atoms with E-state index >= 15 is 0 Å². The molecule has 5 heteroatoms. The number of allylic oxidation sites excluding steroid dienone is 1. The summed E-state index contributed by atoms with van der Waals surface area (Å²) in [7, 11) is 0. The first-order valence-electron chi connectivity index (χ1n) is 7.89. The minimum absolute atomic E-state index is 0.223. The van der Waals surface area contributed by atoms with E-state index in [0.717, 1.165) is 34.8 Å². The maximum absolute atomic E-state index is 13.0. The van der Waals surface area contributed by atoms with E-state index in [1.807, 2.05) is 24.3 Å². The summed E-state index contributed by atoms with van der Waals surface area (Å²) < 4.78 is 24.0. The van der Waals surface area contributed by atoms with Crippen LogP contribution in [0.3, 0.4) is 0 Å². The molecule has 2 aliphatic heterocycles. The fourth-order valence-corrected chi connectivity index (χ4v) is 2.88. The molecule has 2 heterocycles. The van der Waals surface area contributed by atoms with Gasteiger partial charge < -0.3 is 14.9 Å². The third-order valence-corrected chi connectivity index (χ3v) is 4.11. The van der Waals surface area contributed by atoms with Crippen molar-refractivity contribution >= 4 is 11.8 Å². The molecule has 2 aliphatic rings. The highest BCUT2D eigenvalue weighted by Crippen LogP contribution is 2.36. The molecule has 0 saturated carbocycles. The summed E-state index contributed by atoms with van der Waals surface area (Å²) in [5.41, 5.74) is 7.08. The zero-order valence-electron chi connectivity index (χ0n) is 13.3. The maximum atomic E-state index is 13.0. The summed E-state index contributed by atoms with van der Waals surface area (Å²) >= 11 is 0. The molecule has 0 amide bonds. The number of benzene rings is 2. The number of nitrogens with one attached hydrogen (secondary N) is 1. The Hall–Kier alpha value is -2.82. The third-order valence-electron chi connectivity index (χ3n) is 4.11. The molecule has 0 radical (unpaired) electrons. The van der Waals surface area contributed by atoms with Gasteiger partial charge in [-0.1, -0.05) is 18.2 Å². The average Bonchev–Trinajstić information content (AvgIpc) is 2.97. The SMILES string of the molecule is CC1Cc2cc3c(cc2C(C=Cc2ccc(F)cc2)=NN1)OCO3. The molecule has 0 aromatic heterocycles. The lowest BCUT2D eigenvalue weighted by Crippen LogP contribution is -2.21. The Balaban J connectivity index is 1.71. The number of hydrazone groups is 1. The van der Waals surface area contributed by atoms with E-state index in [2.05, 4.69) is 17.5 Å². The van der Waals surface area contributed by atoms with Gasteiger partial charge in [0.1, 0.15) is 5.82 Å². The number of nitrogens with zero attached hydrogens (tertiary/aromatic N) is 1. The van der Waals surface area contributed by atoms with Crippen LogP contribution in [0.25, 0.3) is 6.08 Å². The molecule has 4 rings (SSSR count). The minimum Gasteiger partial charge on any atom is -0.454 e. The van der Waals surface area contributed by atoms with Crippen LogP contribution in [0.1, 0.15) is 23.6 Å². The number of ether oxygens (including phenoxy) is 2. The van der Waals surface area contributed by atoms with E-state index in [1.54, 1.807) is 12.1 Å². The smallest absolute Gasteiger partial charge is 0.231 e. The van der Waals surface area contributed by atoms with Crippen molar-refractivity contribution in [2.24, 2.45) is 5.10 Å². The van der Waals surface area contributed by atoms with Crippen molar-refractivity contribution in [2.75, 3.05) is 6.79 Å². The van der Waals surface area contributed by atoms with Crippen molar-refractivity contribution in [3.8, 4) is 11.5 Å². The molecule has 0 saturated heterocycles. The summed E-state index contributed by atoms with van der Waals surface area (Å²) in [4.78, 5) is 0.